The van der Waals surface area contributed by atoms with Gasteiger partial charge in [0.25, 0.3) is 0 Å². The van der Waals surface area contributed by atoms with Crippen LogP contribution in [0.1, 0.15) is 23.9 Å². The number of methoxy groups -OCH3 is 1. The smallest absolute Gasteiger partial charge is 0.191 e. The third-order valence-corrected chi connectivity index (χ3v) is 4.51. The predicted octanol–water partition coefficient (Wildman–Crippen LogP) is 2.88. The molecule has 3 rings (SSSR count). The van der Waals surface area contributed by atoms with Crippen molar-refractivity contribution in [2.75, 3.05) is 20.2 Å². The van der Waals surface area contributed by atoms with Crippen molar-refractivity contribution in [3.63, 3.8) is 0 Å². The summed E-state index contributed by atoms with van der Waals surface area (Å²) in [5.41, 5.74) is 2.31. The second-order valence-corrected chi connectivity index (χ2v) is 6.59. The van der Waals surface area contributed by atoms with Gasteiger partial charge in [0.05, 0.1) is 13.7 Å². The van der Waals surface area contributed by atoms with Gasteiger partial charge in [-0.1, -0.05) is 18.2 Å². The molecule has 0 radical (unpaired) electrons. The summed E-state index contributed by atoms with van der Waals surface area (Å²) < 4.78 is 7.15. The quantitative estimate of drug-likeness (QED) is 0.455. The van der Waals surface area contributed by atoms with E-state index in [0.29, 0.717) is 6.54 Å². The van der Waals surface area contributed by atoms with Gasteiger partial charge < -0.3 is 15.4 Å². The zero-order chi connectivity index (χ0) is 20.5. The van der Waals surface area contributed by atoms with Crippen LogP contribution in [0.5, 0.6) is 5.75 Å². The zero-order valence-electron chi connectivity index (χ0n) is 17.2. The Bertz CT molecular complexity index is 915. The Balaban J connectivity index is 1.54. The number of hydrogen-bond acceptors (Lipinski definition) is 4. The van der Waals surface area contributed by atoms with Crippen molar-refractivity contribution < 1.29 is 4.74 Å². The average Bonchev–Trinajstić information content (AvgIpc) is 3.19. The van der Waals surface area contributed by atoms with Crippen molar-refractivity contribution in [3.8, 4) is 11.6 Å². The summed E-state index contributed by atoms with van der Waals surface area (Å²) in [5.74, 6) is 3.45. The highest BCUT2D eigenvalue weighted by Gasteiger charge is 2.03. The minimum Gasteiger partial charge on any atom is -0.497 e. The van der Waals surface area contributed by atoms with Crippen LogP contribution in [-0.2, 0) is 13.0 Å². The average molecular weight is 393 g/mol. The molecule has 0 unspecified atom stereocenters. The van der Waals surface area contributed by atoms with Crippen molar-refractivity contribution in [2.24, 2.45) is 4.99 Å². The van der Waals surface area contributed by atoms with Crippen molar-refractivity contribution in [1.29, 1.82) is 0 Å². The first-order valence-electron chi connectivity index (χ1n) is 9.80. The van der Waals surface area contributed by atoms with E-state index in [1.165, 1.54) is 5.56 Å². The summed E-state index contributed by atoms with van der Waals surface area (Å²) in [6.45, 7) is 6.19. The molecule has 2 aromatic heterocycles. The van der Waals surface area contributed by atoms with E-state index >= 15 is 0 Å². The van der Waals surface area contributed by atoms with Crippen LogP contribution in [0.3, 0.4) is 0 Å². The van der Waals surface area contributed by atoms with Crippen LogP contribution in [0.15, 0.2) is 60.0 Å². The van der Waals surface area contributed by atoms with E-state index in [4.69, 9.17) is 4.74 Å². The van der Waals surface area contributed by atoms with Gasteiger partial charge in [-0.05, 0) is 49.6 Å². The van der Waals surface area contributed by atoms with Gasteiger partial charge in [0.1, 0.15) is 17.4 Å². The molecule has 0 bridgehead atoms. The minimum atomic E-state index is 0.564. The van der Waals surface area contributed by atoms with E-state index in [1.54, 1.807) is 13.3 Å². The molecule has 0 atom stereocenters. The molecule has 0 aliphatic heterocycles. The SMILES string of the molecule is CCNC(=NCc1ccc(-n2ccnc2C)nc1)NCCc1ccc(OC)cc1. The molecule has 0 aliphatic rings. The second kappa shape index (κ2) is 10.3. The fraction of sp³-hybridized carbons (Fsp3) is 0.318. The number of hydrogen-bond donors (Lipinski definition) is 2. The highest BCUT2D eigenvalue weighted by Crippen LogP contribution is 2.11. The number of rotatable bonds is 8. The van der Waals surface area contributed by atoms with Crippen molar-refractivity contribution in [1.82, 2.24) is 25.2 Å². The highest BCUT2D eigenvalue weighted by atomic mass is 16.5. The molecule has 152 valence electrons. The Morgan fingerprint density at radius 3 is 2.48 bits per heavy atom. The number of aliphatic imine (C=N–C) groups is 1. The molecule has 7 nitrogen and oxygen atoms in total. The highest BCUT2D eigenvalue weighted by molar-refractivity contribution is 5.79. The van der Waals surface area contributed by atoms with Gasteiger partial charge in [0.2, 0.25) is 0 Å². The van der Waals surface area contributed by atoms with Gasteiger partial charge in [-0.15, -0.1) is 0 Å². The van der Waals surface area contributed by atoms with Gasteiger partial charge in [-0.25, -0.2) is 15.0 Å². The van der Waals surface area contributed by atoms with Gasteiger partial charge in [-0.3, -0.25) is 4.57 Å². The molecule has 1 aromatic carbocycles. The molecule has 0 spiro atoms. The largest absolute Gasteiger partial charge is 0.497 e. The first-order valence-corrected chi connectivity index (χ1v) is 9.80. The number of ether oxygens (including phenoxy) is 1. The van der Waals surface area contributed by atoms with Crippen LogP contribution in [0.4, 0.5) is 0 Å². The normalized spacial score (nSPS) is 11.3. The number of nitrogens with one attached hydrogen (secondary N) is 2. The van der Waals surface area contributed by atoms with E-state index < -0.39 is 0 Å². The lowest BCUT2D eigenvalue weighted by atomic mass is 10.1. The van der Waals surface area contributed by atoms with Crippen LogP contribution >= 0.6 is 0 Å². The monoisotopic (exact) mass is 392 g/mol. The Morgan fingerprint density at radius 1 is 1.07 bits per heavy atom. The molecule has 0 saturated heterocycles. The number of imidazole rings is 1. The van der Waals surface area contributed by atoms with E-state index in [9.17, 15) is 0 Å². The minimum absolute atomic E-state index is 0.564. The molecule has 3 aromatic rings. The Labute approximate surface area is 171 Å². The molecule has 0 amide bonds. The lowest BCUT2D eigenvalue weighted by Gasteiger charge is -2.11. The summed E-state index contributed by atoms with van der Waals surface area (Å²) in [5, 5.41) is 6.67. The molecule has 2 heterocycles. The predicted molar refractivity (Wildman–Crippen MR) is 116 cm³/mol. The molecule has 0 saturated carbocycles. The summed E-state index contributed by atoms with van der Waals surface area (Å²) >= 11 is 0. The standard InChI is InChI=1S/C22H28N6O/c1-4-23-22(25-12-11-18-5-8-20(29-3)9-6-18)27-16-19-7-10-21(26-15-19)28-14-13-24-17(28)2/h5-10,13-15H,4,11-12,16H2,1-3H3,(H2,23,25,27). The van der Waals surface area contributed by atoms with Gasteiger partial charge in [0, 0.05) is 31.7 Å². The molecule has 2 N–H and O–H groups in total. The topological polar surface area (TPSA) is 76.4 Å². The number of nitrogens with zero attached hydrogens (tertiary/aromatic N) is 4. The second-order valence-electron chi connectivity index (χ2n) is 6.59. The third-order valence-electron chi connectivity index (χ3n) is 4.51. The number of guanidine groups is 1. The van der Waals surface area contributed by atoms with E-state index in [0.717, 1.165) is 48.4 Å². The van der Waals surface area contributed by atoms with Crippen LogP contribution in [0.25, 0.3) is 5.82 Å². The van der Waals surface area contributed by atoms with Crippen LogP contribution < -0.4 is 15.4 Å². The van der Waals surface area contributed by atoms with Crippen LogP contribution in [0.2, 0.25) is 0 Å². The zero-order valence-corrected chi connectivity index (χ0v) is 17.2. The van der Waals surface area contributed by atoms with Crippen molar-refractivity contribution in [2.45, 2.75) is 26.8 Å². The lowest BCUT2D eigenvalue weighted by molar-refractivity contribution is 0.414. The number of pyridine rings is 1. The van der Waals surface area contributed by atoms with Gasteiger partial charge >= 0.3 is 0 Å². The maximum Gasteiger partial charge on any atom is 0.191 e. The van der Waals surface area contributed by atoms with Gasteiger partial charge in [0.15, 0.2) is 5.96 Å². The third kappa shape index (κ3) is 5.81. The van der Waals surface area contributed by atoms with Crippen LogP contribution in [0, 0.1) is 6.92 Å². The fourth-order valence-corrected chi connectivity index (χ4v) is 2.90. The molecule has 29 heavy (non-hydrogen) atoms. The number of aromatic nitrogens is 3. The summed E-state index contributed by atoms with van der Waals surface area (Å²) in [6, 6.07) is 12.2. The van der Waals surface area contributed by atoms with Crippen LogP contribution in [-0.4, -0.2) is 40.7 Å². The van der Waals surface area contributed by atoms with Crippen molar-refractivity contribution in [3.05, 3.63) is 71.9 Å². The van der Waals surface area contributed by atoms with E-state index in [2.05, 4.69) is 44.7 Å². The Hall–Kier alpha value is -3.35. The van der Waals surface area contributed by atoms with E-state index in [-0.39, 0.29) is 0 Å². The molecular formula is C22H28N6O. The maximum atomic E-state index is 5.20. The van der Waals surface area contributed by atoms with E-state index in [1.807, 2.05) is 48.1 Å². The molecule has 7 heteroatoms. The Morgan fingerprint density at radius 2 is 1.86 bits per heavy atom. The number of benzene rings is 1. The van der Waals surface area contributed by atoms with Gasteiger partial charge in [-0.2, -0.15) is 0 Å². The first kappa shape index (κ1) is 20.4. The Kier molecular flexibility index (Phi) is 7.22. The fourth-order valence-electron chi connectivity index (χ4n) is 2.90. The summed E-state index contributed by atoms with van der Waals surface area (Å²) in [6.07, 6.45) is 6.45. The number of aryl methyl sites for hydroxylation is 1. The first-order chi connectivity index (χ1) is 14.2. The summed E-state index contributed by atoms with van der Waals surface area (Å²) in [7, 11) is 1.68. The molecule has 0 fully saturated rings. The lowest BCUT2D eigenvalue weighted by Crippen LogP contribution is -2.38. The molecule has 0 aliphatic carbocycles. The van der Waals surface area contributed by atoms with Crippen molar-refractivity contribution >= 4 is 5.96 Å². The maximum absolute atomic E-state index is 5.20. The molecular weight excluding hydrogens is 364 g/mol. The summed E-state index contributed by atoms with van der Waals surface area (Å²) in [4.78, 5) is 13.4.